The summed E-state index contributed by atoms with van der Waals surface area (Å²) in [5.41, 5.74) is 1.48. The van der Waals surface area contributed by atoms with E-state index in [9.17, 15) is 9.59 Å². The number of amides is 2. The zero-order valence-electron chi connectivity index (χ0n) is 18.2. The summed E-state index contributed by atoms with van der Waals surface area (Å²) in [6, 6.07) is 4.31. The third kappa shape index (κ3) is 5.50. The Morgan fingerprint density at radius 1 is 1.06 bits per heavy atom. The molecular formula is C23H32N6O2. The van der Waals surface area contributed by atoms with Gasteiger partial charge in [0.2, 0.25) is 5.91 Å². The van der Waals surface area contributed by atoms with Crippen molar-refractivity contribution in [3.63, 3.8) is 0 Å². The smallest absolute Gasteiger partial charge is 0.273 e. The monoisotopic (exact) mass is 424 g/mol. The van der Waals surface area contributed by atoms with Crippen molar-refractivity contribution in [3.05, 3.63) is 42.1 Å². The highest BCUT2D eigenvalue weighted by molar-refractivity contribution is 6.01. The first-order valence-corrected chi connectivity index (χ1v) is 11.4. The first-order valence-electron chi connectivity index (χ1n) is 11.4. The van der Waals surface area contributed by atoms with Crippen LogP contribution in [0.3, 0.4) is 0 Å². The Labute approximate surface area is 183 Å². The van der Waals surface area contributed by atoms with Crippen molar-refractivity contribution in [2.75, 3.05) is 18.4 Å². The van der Waals surface area contributed by atoms with Crippen LogP contribution in [0.15, 0.2) is 30.7 Å². The second-order valence-corrected chi connectivity index (χ2v) is 8.71. The average Bonchev–Trinajstić information content (AvgIpc) is 3.20. The average molecular weight is 425 g/mol. The summed E-state index contributed by atoms with van der Waals surface area (Å²) >= 11 is 0. The molecule has 2 aromatic rings. The minimum Gasteiger partial charge on any atom is -0.353 e. The fourth-order valence-electron chi connectivity index (χ4n) is 4.56. The molecular weight excluding hydrogens is 392 g/mol. The number of nitrogens with one attached hydrogen (secondary N) is 2. The number of carbonyl (C=O) groups excluding carboxylic acids is 2. The second kappa shape index (κ2) is 10.0. The molecule has 0 unspecified atom stereocenters. The standard InChI is InChI=1S/C23H32N6O2/c1-28-13-5-8-19(28)16-29-14-9-18(10-15-29)26-23(31)20-21(25-12-11-24-20)27-22(30)17-6-3-2-4-7-17/h5,8,11-13,17-18H,2-4,6-7,9-10,14-16H2,1H3,(H,26,31)(H,25,27,30). The maximum atomic E-state index is 12.9. The molecule has 166 valence electrons. The number of nitrogens with zero attached hydrogens (tertiary/aromatic N) is 4. The van der Waals surface area contributed by atoms with Crippen LogP contribution in [0.5, 0.6) is 0 Å². The molecule has 0 spiro atoms. The number of likely N-dealkylation sites (tertiary alicyclic amines) is 1. The highest BCUT2D eigenvalue weighted by Crippen LogP contribution is 2.25. The van der Waals surface area contributed by atoms with E-state index in [0.717, 1.165) is 58.2 Å². The second-order valence-electron chi connectivity index (χ2n) is 8.71. The van der Waals surface area contributed by atoms with E-state index in [1.807, 2.05) is 0 Å². The molecule has 4 rings (SSSR count). The number of aryl methyl sites for hydroxylation is 1. The number of carbonyl (C=O) groups is 2. The van der Waals surface area contributed by atoms with Crippen LogP contribution in [0.1, 0.15) is 61.1 Å². The molecule has 2 fully saturated rings. The van der Waals surface area contributed by atoms with Gasteiger partial charge in [0.25, 0.3) is 5.91 Å². The van der Waals surface area contributed by atoms with Crippen molar-refractivity contribution in [2.24, 2.45) is 13.0 Å². The molecule has 0 aromatic carbocycles. The quantitative estimate of drug-likeness (QED) is 0.744. The Bertz CT molecular complexity index is 897. The molecule has 3 heterocycles. The van der Waals surface area contributed by atoms with Crippen molar-refractivity contribution < 1.29 is 9.59 Å². The van der Waals surface area contributed by atoms with Crippen LogP contribution >= 0.6 is 0 Å². The normalized spacial score (nSPS) is 18.6. The van der Waals surface area contributed by atoms with Crippen molar-refractivity contribution in [1.29, 1.82) is 0 Å². The first kappa shape index (κ1) is 21.5. The van der Waals surface area contributed by atoms with Gasteiger partial charge >= 0.3 is 0 Å². The van der Waals surface area contributed by atoms with Crippen molar-refractivity contribution in [1.82, 2.24) is 24.8 Å². The van der Waals surface area contributed by atoms with E-state index < -0.39 is 0 Å². The highest BCUT2D eigenvalue weighted by Gasteiger charge is 2.26. The van der Waals surface area contributed by atoms with Gasteiger partial charge in [0, 0.05) is 62.9 Å². The summed E-state index contributed by atoms with van der Waals surface area (Å²) in [5.74, 6) is -0.0619. The van der Waals surface area contributed by atoms with Gasteiger partial charge in [-0.1, -0.05) is 19.3 Å². The third-order valence-corrected chi connectivity index (χ3v) is 6.49. The number of aromatic nitrogens is 3. The summed E-state index contributed by atoms with van der Waals surface area (Å²) in [6.45, 7) is 2.79. The van der Waals surface area contributed by atoms with Crippen LogP contribution in [-0.2, 0) is 18.4 Å². The van der Waals surface area contributed by atoms with E-state index in [1.165, 1.54) is 24.5 Å². The Hall–Kier alpha value is -2.74. The first-order chi connectivity index (χ1) is 15.1. The van der Waals surface area contributed by atoms with Crippen molar-refractivity contribution in [2.45, 2.75) is 57.5 Å². The van der Waals surface area contributed by atoms with Crippen molar-refractivity contribution in [3.8, 4) is 0 Å². The van der Waals surface area contributed by atoms with Crippen LogP contribution in [0.2, 0.25) is 0 Å². The molecule has 1 saturated carbocycles. The van der Waals surface area contributed by atoms with Gasteiger partial charge in [-0.3, -0.25) is 14.5 Å². The molecule has 8 nitrogen and oxygen atoms in total. The van der Waals surface area contributed by atoms with Gasteiger partial charge in [0.05, 0.1) is 0 Å². The summed E-state index contributed by atoms with van der Waals surface area (Å²) in [4.78, 5) is 36.3. The molecule has 2 amide bonds. The lowest BCUT2D eigenvalue weighted by atomic mass is 9.89. The molecule has 0 radical (unpaired) electrons. The van der Waals surface area contributed by atoms with Crippen LogP contribution in [0.25, 0.3) is 0 Å². The molecule has 1 aliphatic heterocycles. The minimum absolute atomic E-state index is 0.000205. The van der Waals surface area contributed by atoms with Gasteiger partial charge in [-0.25, -0.2) is 9.97 Å². The zero-order valence-corrected chi connectivity index (χ0v) is 18.2. The molecule has 2 N–H and O–H groups in total. The molecule has 2 aromatic heterocycles. The van der Waals surface area contributed by atoms with E-state index >= 15 is 0 Å². The third-order valence-electron chi connectivity index (χ3n) is 6.49. The molecule has 2 aliphatic rings. The number of rotatable bonds is 6. The Morgan fingerprint density at radius 3 is 2.52 bits per heavy atom. The number of hydrogen-bond donors (Lipinski definition) is 2. The van der Waals surface area contributed by atoms with E-state index in [2.05, 4.69) is 55.4 Å². The van der Waals surface area contributed by atoms with Gasteiger partial charge in [-0.2, -0.15) is 0 Å². The van der Waals surface area contributed by atoms with Crippen LogP contribution in [0.4, 0.5) is 5.82 Å². The lowest BCUT2D eigenvalue weighted by molar-refractivity contribution is -0.120. The maximum absolute atomic E-state index is 12.9. The van der Waals surface area contributed by atoms with Gasteiger partial charge in [0.15, 0.2) is 11.5 Å². The summed E-state index contributed by atoms with van der Waals surface area (Å²) in [6.07, 6.45) is 12.0. The van der Waals surface area contributed by atoms with Crippen molar-refractivity contribution >= 4 is 17.6 Å². The Kier molecular flexibility index (Phi) is 6.96. The minimum atomic E-state index is -0.270. The molecule has 31 heavy (non-hydrogen) atoms. The molecule has 0 bridgehead atoms. The molecule has 1 saturated heterocycles. The summed E-state index contributed by atoms with van der Waals surface area (Å²) < 4.78 is 2.14. The fraction of sp³-hybridized carbons (Fsp3) is 0.565. The van der Waals surface area contributed by atoms with Gasteiger partial charge in [-0.15, -0.1) is 0 Å². The Balaban J connectivity index is 1.31. The van der Waals surface area contributed by atoms with Crippen LogP contribution in [-0.4, -0.2) is 50.4 Å². The van der Waals surface area contributed by atoms with E-state index in [-0.39, 0.29) is 35.3 Å². The van der Waals surface area contributed by atoms with E-state index in [0.29, 0.717) is 0 Å². The van der Waals surface area contributed by atoms with Crippen LogP contribution < -0.4 is 10.6 Å². The number of hydrogen-bond acceptors (Lipinski definition) is 5. The SMILES string of the molecule is Cn1cccc1CN1CCC(NC(=O)c2nccnc2NC(=O)C2CCCCC2)CC1. The largest absolute Gasteiger partial charge is 0.353 e. The van der Waals surface area contributed by atoms with Gasteiger partial charge in [0.1, 0.15) is 0 Å². The fourth-order valence-corrected chi connectivity index (χ4v) is 4.56. The summed E-state index contributed by atoms with van der Waals surface area (Å²) in [5, 5.41) is 5.95. The Morgan fingerprint density at radius 2 is 1.81 bits per heavy atom. The number of anilines is 1. The number of piperidine rings is 1. The molecule has 1 aliphatic carbocycles. The maximum Gasteiger partial charge on any atom is 0.273 e. The summed E-state index contributed by atoms with van der Waals surface area (Å²) in [7, 11) is 2.06. The molecule has 0 atom stereocenters. The predicted octanol–water partition coefficient (Wildman–Crippen LogP) is 2.73. The predicted molar refractivity (Wildman–Crippen MR) is 118 cm³/mol. The van der Waals surface area contributed by atoms with Crippen LogP contribution in [0, 0.1) is 5.92 Å². The van der Waals surface area contributed by atoms with Gasteiger partial charge in [-0.05, 0) is 37.8 Å². The molecule has 8 heteroatoms. The highest BCUT2D eigenvalue weighted by atomic mass is 16.2. The van der Waals surface area contributed by atoms with E-state index in [1.54, 1.807) is 0 Å². The van der Waals surface area contributed by atoms with Gasteiger partial charge < -0.3 is 15.2 Å². The lowest BCUT2D eigenvalue weighted by Gasteiger charge is -2.32. The zero-order chi connectivity index (χ0) is 21.6. The van der Waals surface area contributed by atoms with E-state index in [4.69, 9.17) is 0 Å². The lowest BCUT2D eigenvalue weighted by Crippen LogP contribution is -2.44. The topological polar surface area (TPSA) is 92.2 Å².